The highest BCUT2D eigenvalue weighted by molar-refractivity contribution is 5.65. The molecule has 31 valence electrons. The van der Waals surface area contributed by atoms with Crippen LogP contribution in [0.25, 0.3) is 0 Å². The van der Waals surface area contributed by atoms with Crippen molar-refractivity contribution in [1.29, 1.82) is 0 Å². The summed E-state index contributed by atoms with van der Waals surface area (Å²) in [7, 11) is 0. The fraction of sp³-hybridized carbons (Fsp3) is 0.200. The van der Waals surface area contributed by atoms with Gasteiger partial charge in [-0.15, -0.1) is 5.73 Å². The van der Waals surface area contributed by atoms with Gasteiger partial charge in [0.05, 0.1) is 0 Å². The molecule has 0 amide bonds. The van der Waals surface area contributed by atoms with Crippen molar-refractivity contribution in [1.82, 2.24) is 0 Å². The zero-order valence-corrected chi connectivity index (χ0v) is 3.56. The van der Waals surface area contributed by atoms with Crippen LogP contribution in [0, 0.1) is 0 Å². The lowest BCUT2D eigenvalue weighted by Gasteiger charge is -1.48. The van der Waals surface area contributed by atoms with Gasteiger partial charge in [-0.25, -0.2) is 0 Å². The molecule has 0 aromatic rings. The summed E-state index contributed by atoms with van der Waals surface area (Å²) in [6, 6.07) is 0. The van der Waals surface area contributed by atoms with Crippen molar-refractivity contribution in [3.63, 3.8) is 0 Å². The molecular weight excluding hydrogens is 76.1 g/mol. The molecule has 0 aliphatic rings. The van der Waals surface area contributed by atoms with Crippen LogP contribution >= 0.6 is 0 Å². The van der Waals surface area contributed by atoms with Crippen LogP contribution in [0.3, 0.4) is 0 Å². The summed E-state index contributed by atoms with van der Waals surface area (Å²) >= 11 is 0. The van der Waals surface area contributed by atoms with E-state index in [2.05, 4.69) is 5.73 Å². The first-order valence-electron chi connectivity index (χ1n) is 1.65. The molecule has 0 aromatic heterocycles. The molecule has 1 nitrogen and oxygen atoms in total. The lowest BCUT2D eigenvalue weighted by molar-refractivity contribution is 0.564. The molecule has 0 saturated heterocycles. The van der Waals surface area contributed by atoms with E-state index >= 15 is 0 Å². The van der Waals surface area contributed by atoms with Gasteiger partial charge in [0.1, 0.15) is 0 Å². The molecule has 0 spiro atoms. The van der Waals surface area contributed by atoms with Crippen LogP contribution in [-0.4, -0.2) is 6.29 Å². The van der Waals surface area contributed by atoms with Gasteiger partial charge in [-0.05, 0) is 13.0 Å². The molecule has 0 fully saturated rings. The monoisotopic (exact) mass is 81.0 g/mol. The fourth-order valence-corrected chi connectivity index (χ4v) is 0.117. The smallest absolute Gasteiger partial charge is 0.233 e. The van der Waals surface area contributed by atoms with Crippen molar-refractivity contribution < 1.29 is 4.79 Å². The summed E-state index contributed by atoms with van der Waals surface area (Å²) in [4.78, 5) is 9.30. The average molecular weight is 81.1 g/mol. The van der Waals surface area contributed by atoms with Crippen LogP contribution in [0.2, 0.25) is 0 Å². The third-order valence-corrected chi connectivity index (χ3v) is 0.309. The van der Waals surface area contributed by atoms with E-state index in [4.69, 9.17) is 0 Å². The van der Waals surface area contributed by atoms with Crippen molar-refractivity contribution in [2.24, 2.45) is 0 Å². The predicted octanol–water partition coefficient (Wildman–Crippen LogP) is 0.827. The van der Waals surface area contributed by atoms with E-state index in [1.54, 1.807) is 19.3 Å². The van der Waals surface area contributed by atoms with Crippen molar-refractivity contribution in [3.05, 3.63) is 17.9 Å². The van der Waals surface area contributed by atoms with E-state index in [0.717, 1.165) is 0 Å². The molecule has 1 heteroatoms. The van der Waals surface area contributed by atoms with Gasteiger partial charge in [-0.2, -0.15) is 0 Å². The first-order chi connectivity index (χ1) is 2.91. The van der Waals surface area contributed by atoms with Gasteiger partial charge in [0.15, 0.2) is 0 Å². The standard InChI is InChI=1S/C5H5O/c1-2-3-4-5-6/h2,4H,1H3. The molecule has 0 aromatic carbocycles. The molecule has 6 heavy (non-hydrogen) atoms. The molecule has 0 aliphatic heterocycles. The molecule has 0 heterocycles. The average Bonchev–Trinajstić information content (AvgIpc) is 1.61. The SMILES string of the molecule is CC=C=C[C]=O. The Kier molecular flexibility index (Phi) is 3.62. The Hall–Kier alpha value is -0.810. The summed E-state index contributed by atoms with van der Waals surface area (Å²) in [6.45, 7) is 1.79. The van der Waals surface area contributed by atoms with Gasteiger partial charge in [-0.3, -0.25) is 4.79 Å². The maximum atomic E-state index is 9.30. The topological polar surface area (TPSA) is 17.1 Å². The zero-order valence-electron chi connectivity index (χ0n) is 3.56. The van der Waals surface area contributed by atoms with Crippen molar-refractivity contribution in [2.45, 2.75) is 6.92 Å². The van der Waals surface area contributed by atoms with E-state index < -0.39 is 0 Å². The van der Waals surface area contributed by atoms with Crippen LogP contribution in [-0.2, 0) is 4.79 Å². The Labute approximate surface area is 37.0 Å². The lowest BCUT2D eigenvalue weighted by atomic mass is 10.6. The Morgan fingerprint density at radius 1 is 1.67 bits per heavy atom. The highest BCUT2D eigenvalue weighted by Crippen LogP contribution is 1.56. The van der Waals surface area contributed by atoms with Crippen molar-refractivity contribution in [2.75, 3.05) is 0 Å². The van der Waals surface area contributed by atoms with Crippen LogP contribution in [0.4, 0.5) is 0 Å². The maximum absolute atomic E-state index is 9.30. The normalized spacial score (nSPS) is 5.50. The summed E-state index contributed by atoms with van der Waals surface area (Å²) in [5.74, 6) is 0. The van der Waals surface area contributed by atoms with Gasteiger partial charge in [0, 0.05) is 6.08 Å². The Morgan fingerprint density at radius 3 is 2.50 bits per heavy atom. The van der Waals surface area contributed by atoms with E-state index in [1.807, 2.05) is 0 Å². The molecule has 1 radical (unpaired) electrons. The highest BCUT2D eigenvalue weighted by atomic mass is 16.1. The Morgan fingerprint density at radius 2 is 2.33 bits per heavy atom. The Balaban J connectivity index is 3.46. The number of carbonyl (C=O) groups excluding carboxylic acids is 1. The van der Waals surface area contributed by atoms with Gasteiger partial charge in [0.25, 0.3) is 0 Å². The second kappa shape index (κ2) is 4.19. The summed E-state index contributed by atoms with van der Waals surface area (Å²) < 4.78 is 0. The van der Waals surface area contributed by atoms with Gasteiger partial charge >= 0.3 is 0 Å². The van der Waals surface area contributed by atoms with E-state index in [9.17, 15) is 4.79 Å². The number of rotatable bonds is 1. The van der Waals surface area contributed by atoms with Crippen LogP contribution < -0.4 is 0 Å². The molecule has 0 N–H and O–H groups in total. The lowest BCUT2D eigenvalue weighted by Crippen LogP contribution is -1.48. The van der Waals surface area contributed by atoms with E-state index in [1.165, 1.54) is 6.08 Å². The Bertz CT molecular complexity index is 86.1. The summed E-state index contributed by atoms with van der Waals surface area (Å²) in [5, 5.41) is 0. The second-order valence-corrected chi connectivity index (χ2v) is 0.718. The van der Waals surface area contributed by atoms with Crippen molar-refractivity contribution in [3.8, 4) is 0 Å². The second-order valence-electron chi connectivity index (χ2n) is 0.718. The van der Waals surface area contributed by atoms with Gasteiger partial charge < -0.3 is 0 Å². The largest absolute Gasteiger partial charge is 0.285 e. The molecule has 0 saturated carbocycles. The third-order valence-electron chi connectivity index (χ3n) is 0.309. The predicted molar refractivity (Wildman–Crippen MR) is 24.0 cm³/mol. The minimum Gasteiger partial charge on any atom is -0.285 e. The molecule has 0 unspecified atom stereocenters. The molecule has 0 rings (SSSR count). The van der Waals surface area contributed by atoms with Gasteiger partial charge in [0.2, 0.25) is 6.29 Å². The van der Waals surface area contributed by atoms with E-state index in [-0.39, 0.29) is 0 Å². The maximum Gasteiger partial charge on any atom is 0.233 e. The molecule has 0 bridgehead atoms. The molecule has 0 aliphatic carbocycles. The van der Waals surface area contributed by atoms with Crippen LogP contribution in [0.15, 0.2) is 17.9 Å². The fourth-order valence-electron chi connectivity index (χ4n) is 0.117. The van der Waals surface area contributed by atoms with Crippen molar-refractivity contribution >= 4 is 6.29 Å². The third kappa shape index (κ3) is 3.19. The molecular formula is C5H5O. The van der Waals surface area contributed by atoms with Crippen LogP contribution in [0.1, 0.15) is 6.92 Å². The zero-order chi connectivity index (χ0) is 4.83. The summed E-state index contributed by atoms with van der Waals surface area (Å²) in [5.41, 5.74) is 2.52. The van der Waals surface area contributed by atoms with Gasteiger partial charge in [-0.1, -0.05) is 0 Å². The number of hydrogen-bond donors (Lipinski definition) is 0. The quantitative estimate of drug-likeness (QED) is 0.337. The highest BCUT2D eigenvalue weighted by Gasteiger charge is 1.51. The minimum atomic E-state index is 1.19. The number of allylic oxidation sites excluding steroid dienone is 1. The first kappa shape index (κ1) is 5.19. The summed E-state index contributed by atoms with van der Waals surface area (Å²) in [6.07, 6.45) is 4.39. The minimum absolute atomic E-state index is 1.19. The van der Waals surface area contributed by atoms with Crippen LogP contribution in [0.5, 0.6) is 0 Å². The molecule has 0 atom stereocenters. The number of hydrogen-bond acceptors (Lipinski definition) is 1. The van der Waals surface area contributed by atoms with E-state index in [0.29, 0.717) is 0 Å². The first-order valence-corrected chi connectivity index (χ1v) is 1.65.